The summed E-state index contributed by atoms with van der Waals surface area (Å²) in [5.74, 6) is 2.50. The normalized spacial score (nSPS) is 12.8. The van der Waals surface area contributed by atoms with Gasteiger partial charge in [-0.25, -0.2) is 0 Å². The third-order valence-corrected chi connectivity index (χ3v) is 2.54. The average Bonchev–Trinajstić information content (AvgIpc) is 2.22. The van der Waals surface area contributed by atoms with Gasteiger partial charge in [-0.05, 0) is 25.3 Å². The average molecular weight is 234 g/mol. The van der Waals surface area contributed by atoms with E-state index in [1.807, 2.05) is 19.1 Å². The molecule has 0 aromatic carbocycles. The van der Waals surface area contributed by atoms with Gasteiger partial charge in [-0.15, -0.1) is 0 Å². The van der Waals surface area contributed by atoms with Crippen molar-refractivity contribution in [2.75, 3.05) is 0 Å². The summed E-state index contributed by atoms with van der Waals surface area (Å²) in [6.07, 6.45) is 6.00. The fourth-order valence-electron chi connectivity index (χ4n) is 1.28. The maximum absolute atomic E-state index is 5.58. The summed E-state index contributed by atoms with van der Waals surface area (Å²) in [6, 6.07) is 0. The second kappa shape index (κ2) is 7.94. The van der Waals surface area contributed by atoms with E-state index in [9.17, 15) is 0 Å². The van der Waals surface area contributed by atoms with E-state index in [0.717, 1.165) is 23.7 Å². The first-order chi connectivity index (χ1) is 7.82. The maximum Gasteiger partial charge on any atom is 0.119 e. The predicted octanol–water partition coefficient (Wildman–Crippen LogP) is 5.24. The van der Waals surface area contributed by atoms with Crippen LogP contribution >= 0.6 is 0 Å². The molecule has 0 bridgehead atoms. The Bertz CT molecular complexity index is 307. The Labute approximate surface area is 107 Å². The van der Waals surface area contributed by atoms with Gasteiger partial charge < -0.3 is 4.74 Å². The van der Waals surface area contributed by atoms with Crippen LogP contribution in [0.25, 0.3) is 0 Å². The molecule has 0 radical (unpaired) electrons. The molecule has 0 saturated heterocycles. The summed E-state index contributed by atoms with van der Waals surface area (Å²) in [4.78, 5) is 0. The molecule has 0 aliphatic rings. The molecule has 17 heavy (non-hydrogen) atoms. The van der Waals surface area contributed by atoms with Crippen molar-refractivity contribution in [3.05, 3.63) is 49.0 Å². The van der Waals surface area contributed by atoms with E-state index in [-0.39, 0.29) is 0 Å². The molecule has 0 N–H and O–H groups in total. The minimum absolute atomic E-state index is 0.368. The standard InChI is InChI=1S/C16H26O/c1-12(2)8-10-14(5)16(7)17-15(6)11-9-13(3)4/h9,11-12,14H,3,6-8,10H2,1-2,4-5H3. The molecule has 1 unspecified atom stereocenters. The zero-order valence-corrected chi connectivity index (χ0v) is 11.8. The molecular weight excluding hydrogens is 208 g/mol. The molecule has 1 atom stereocenters. The van der Waals surface area contributed by atoms with Gasteiger partial charge in [0.1, 0.15) is 5.76 Å². The number of ether oxygens (including phenoxy) is 1. The van der Waals surface area contributed by atoms with Crippen LogP contribution in [0.3, 0.4) is 0 Å². The molecule has 96 valence electrons. The summed E-state index contributed by atoms with van der Waals surface area (Å²) >= 11 is 0. The minimum atomic E-state index is 0.368. The van der Waals surface area contributed by atoms with Gasteiger partial charge in [0.25, 0.3) is 0 Å². The molecule has 0 fully saturated rings. The molecular formula is C16H26O. The van der Waals surface area contributed by atoms with Crippen LogP contribution in [0, 0.1) is 11.8 Å². The van der Waals surface area contributed by atoms with Crippen molar-refractivity contribution in [1.82, 2.24) is 0 Å². The highest BCUT2D eigenvalue weighted by molar-refractivity contribution is 5.20. The summed E-state index contributed by atoms with van der Waals surface area (Å²) in [5, 5.41) is 0. The van der Waals surface area contributed by atoms with Crippen molar-refractivity contribution in [1.29, 1.82) is 0 Å². The van der Waals surface area contributed by atoms with Gasteiger partial charge in [-0.2, -0.15) is 0 Å². The quantitative estimate of drug-likeness (QED) is 0.412. The number of rotatable bonds is 8. The first-order valence-electron chi connectivity index (χ1n) is 6.22. The second-order valence-corrected chi connectivity index (χ2v) is 5.09. The molecule has 0 aliphatic carbocycles. The highest BCUT2D eigenvalue weighted by atomic mass is 16.5. The summed E-state index contributed by atoms with van der Waals surface area (Å²) in [5.41, 5.74) is 0.980. The molecule has 0 spiro atoms. The Morgan fingerprint density at radius 3 is 2.12 bits per heavy atom. The third kappa shape index (κ3) is 8.56. The fourth-order valence-corrected chi connectivity index (χ4v) is 1.28. The number of hydrogen-bond donors (Lipinski definition) is 0. The van der Waals surface area contributed by atoms with Crippen LogP contribution in [0.1, 0.15) is 40.5 Å². The Morgan fingerprint density at radius 2 is 1.65 bits per heavy atom. The smallest absolute Gasteiger partial charge is 0.119 e. The van der Waals surface area contributed by atoms with Crippen LogP contribution in [-0.4, -0.2) is 0 Å². The SMILES string of the molecule is C=C(C)C=CC(=C)OC(=C)C(C)CCC(C)C. The van der Waals surface area contributed by atoms with Crippen molar-refractivity contribution in [3.8, 4) is 0 Å². The largest absolute Gasteiger partial charge is 0.463 e. The zero-order valence-electron chi connectivity index (χ0n) is 11.8. The van der Waals surface area contributed by atoms with E-state index in [1.165, 1.54) is 6.42 Å². The lowest BCUT2D eigenvalue weighted by atomic mass is 9.98. The van der Waals surface area contributed by atoms with Crippen molar-refractivity contribution >= 4 is 0 Å². The third-order valence-electron chi connectivity index (χ3n) is 2.54. The molecule has 1 nitrogen and oxygen atoms in total. The van der Waals surface area contributed by atoms with Gasteiger partial charge >= 0.3 is 0 Å². The molecule has 0 aliphatic heterocycles. The molecule has 1 heteroatoms. The monoisotopic (exact) mass is 234 g/mol. The first kappa shape index (κ1) is 15.8. The predicted molar refractivity (Wildman–Crippen MR) is 76.6 cm³/mol. The molecule has 0 aromatic rings. The van der Waals surface area contributed by atoms with Gasteiger partial charge in [-0.3, -0.25) is 0 Å². The van der Waals surface area contributed by atoms with E-state index in [2.05, 4.69) is 40.5 Å². The lowest BCUT2D eigenvalue weighted by Crippen LogP contribution is -2.03. The Hall–Kier alpha value is -1.24. The van der Waals surface area contributed by atoms with E-state index < -0.39 is 0 Å². The molecule has 0 rings (SSSR count). The van der Waals surface area contributed by atoms with Crippen molar-refractivity contribution < 1.29 is 4.74 Å². The van der Waals surface area contributed by atoms with Crippen LogP contribution in [0.4, 0.5) is 0 Å². The fraction of sp³-hybridized carbons (Fsp3) is 0.500. The lowest BCUT2D eigenvalue weighted by Gasteiger charge is -2.16. The van der Waals surface area contributed by atoms with Crippen LogP contribution in [-0.2, 0) is 4.74 Å². The Morgan fingerprint density at radius 1 is 1.06 bits per heavy atom. The van der Waals surface area contributed by atoms with Crippen LogP contribution < -0.4 is 0 Å². The van der Waals surface area contributed by atoms with Crippen molar-refractivity contribution in [3.63, 3.8) is 0 Å². The van der Waals surface area contributed by atoms with E-state index in [1.54, 1.807) is 0 Å². The van der Waals surface area contributed by atoms with Gasteiger partial charge in [-0.1, -0.05) is 58.6 Å². The van der Waals surface area contributed by atoms with Crippen LogP contribution in [0.5, 0.6) is 0 Å². The van der Waals surface area contributed by atoms with Crippen molar-refractivity contribution in [2.24, 2.45) is 11.8 Å². The highest BCUT2D eigenvalue weighted by Gasteiger charge is 2.09. The van der Waals surface area contributed by atoms with E-state index >= 15 is 0 Å². The Kier molecular flexibility index (Phi) is 7.36. The summed E-state index contributed by atoms with van der Waals surface area (Å²) in [6.45, 7) is 20.1. The second-order valence-electron chi connectivity index (χ2n) is 5.09. The van der Waals surface area contributed by atoms with Gasteiger partial charge in [0.05, 0.1) is 5.76 Å². The Balaban J connectivity index is 4.07. The topological polar surface area (TPSA) is 9.23 Å². The summed E-state index contributed by atoms with van der Waals surface area (Å²) < 4.78 is 5.58. The van der Waals surface area contributed by atoms with Gasteiger partial charge in [0.2, 0.25) is 0 Å². The molecule has 0 saturated carbocycles. The lowest BCUT2D eigenvalue weighted by molar-refractivity contribution is 0.264. The van der Waals surface area contributed by atoms with Gasteiger partial charge in [0.15, 0.2) is 0 Å². The zero-order chi connectivity index (χ0) is 13.4. The van der Waals surface area contributed by atoms with Gasteiger partial charge in [0, 0.05) is 5.92 Å². The van der Waals surface area contributed by atoms with Crippen LogP contribution in [0.15, 0.2) is 49.0 Å². The van der Waals surface area contributed by atoms with Crippen LogP contribution in [0.2, 0.25) is 0 Å². The molecule has 0 heterocycles. The highest BCUT2D eigenvalue weighted by Crippen LogP contribution is 2.21. The maximum atomic E-state index is 5.58. The van der Waals surface area contributed by atoms with E-state index in [4.69, 9.17) is 4.74 Å². The molecule has 0 amide bonds. The number of allylic oxidation sites excluding steroid dienone is 4. The number of hydrogen-bond acceptors (Lipinski definition) is 1. The van der Waals surface area contributed by atoms with Crippen molar-refractivity contribution in [2.45, 2.75) is 40.5 Å². The van der Waals surface area contributed by atoms with E-state index in [0.29, 0.717) is 11.7 Å². The minimum Gasteiger partial charge on any atom is -0.463 e. The molecule has 0 aromatic heterocycles. The summed E-state index contributed by atoms with van der Waals surface area (Å²) in [7, 11) is 0. The first-order valence-corrected chi connectivity index (χ1v) is 6.22.